The first-order valence-corrected chi connectivity index (χ1v) is 8.63. The molecule has 1 aliphatic heterocycles. The molecule has 1 fully saturated rings. The number of likely N-dealkylation sites (tertiary alicyclic amines) is 1. The number of rotatable bonds is 6. The Balaban J connectivity index is 1.68. The quantitative estimate of drug-likeness (QED) is 0.877. The van der Waals surface area contributed by atoms with Gasteiger partial charge in [-0.25, -0.2) is 0 Å². The lowest BCUT2D eigenvalue weighted by atomic mass is 9.87. The lowest BCUT2D eigenvalue weighted by molar-refractivity contribution is 0.0852. The van der Waals surface area contributed by atoms with Crippen molar-refractivity contribution in [3.63, 3.8) is 0 Å². The first kappa shape index (κ1) is 17.2. The van der Waals surface area contributed by atoms with Crippen molar-refractivity contribution in [3.05, 3.63) is 41.6 Å². The molecule has 0 amide bonds. The van der Waals surface area contributed by atoms with Gasteiger partial charge in [-0.1, -0.05) is 0 Å². The summed E-state index contributed by atoms with van der Waals surface area (Å²) in [6, 6.07) is 6.33. The largest absolute Gasteiger partial charge is 0.462 e. The van der Waals surface area contributed by atoms with Crippen molar-refractivity contribution in [3.8, 4) is 0 Å². The zero-order chi connectivity index (χ0) is 17.1. The van der Waals surface area contributed by atoms with E-state index in [9.17, 15) is 0 Å². The number of aliphatic hydroxyl groups excluding tert-OH is 1. The van der Waals surface area contributed by atoms with Gasteiger partial charge in [-0.05, 0) is 57.6 Å². The van der Waals surface area contributed by atoms with Gasteiger partial charge < -0.3 is 9.52 Å². The predicted octanol–water partition coefficient (Wildman–Crippen LogP) is 2.02. The minimum atomic E-state index is -0.0420. The van der Waals surface area contributed by atoms with Crippen LogP contribution in [0.4, 0.5) is 0 Å². The van der Waals surface area contributed by atoms with Crippen molar-refractivity contribution in [1.29, 1.82) is 0 Å². The van der Waals surface area contributed by atoms with Gasteiger partial charge in [0.15, 0.2) is 0 Å². The lowest BCUT2D eigenvalue weighted by Crippen LogP contribution is -2.41. The Morgan fingerprint density at radius 3 is 2.75 bits per heavy atom. The van der Waals surface area contributed by atoms with Gasteiger partial charge in [0.05, 0.1) is 18.3 Å². The van der Waals surface area contributed by atoms with Crippen LogP contribution in [0.3, 0.4) is 0 Å². The minimum Gasteiger partial charge on any atom is -0.462 e. The smallest absolute Gasteiger partial charge is 0.129 e. The second-order valence-corrected chi connectivity index (χ2v) is 6.93. The first-order valence-electron chi connectivity index (χ1n) is 8.63. The molecule has 2 aromatic rings. The molecular weight excluding hydrogens is 304 g/mol. The highest BCUT2D eigenvalue weighted by Gasteiger charge is 2.33. The molecule has 0 radical (unpaired) electrons. The molecule has 24 heavy (non-hydrogen) atoms. The number of nitrogens with zero attached hydrogens (tertiary/aromatic N) is 4. The lowest BCUT2D eigenvalue weighted by Gasteiger charge is -2.40. The number of hydrogen-bond donors (Lipinski definition) is 1. The summed E-state index contributed by atoms with van der Waals surface area (Å²) in [6.45, 7) is 2.86. The maximum absolute atomic E-state index is 9.12. The second kappa shape index (κ2) is 7.51. The molecular formula is C18H28N4O2. The van der Waals surface area contributed by atoms with Crippen LogP contribution < -0.4 is 0 Å². The number of furan rings is 1. The van der Waals surface area contributed by atoms with Gasteiger partial charge in [0.2, 0.25) is 0 Å². The fourth-order valence-electron chi connectivity index (χ4n) is 3.92. The molecule has 0 aromatic carbocycles. The molecule has 1 N–H and O–H groups in total. The molecule has 0 unspecified atom stereocenters. The van der Waals surface area contributed by atoms with E-state index in [0.29, 0.717) is 17.7 Å². The fraction of sp³-hybridized carbons (Fsp3) is 0.611. The summed E-state index contributed by atoms with van der Waals surface area (Å²) >= 11 is 0. The molecule has 3 heterocycles. The van der Waals surface area contributed by atoms with Gasteiger partial charge in [0, 0.05) is 19.8 Å². The van der Waals surface area contributed by atoms with Crippen LogP contribution in [-0.2, 0) is 20.2 Å². The Hall–Kier alpha value is -1.63. The summed E-state index contributed by atoms with van der Waals surface area (Å²) in [5.74, 6) is 2.10. The third kappa shape index (κ3) is 3.71. The third-order valence-electron chi connectivity index (χ3n) is 5.01. The van der Waals surface area contributed by atoms with Crippen molar-refractivity contribution in [2.45, 2.75) is 32.0 Å². The zero-order valence-corrected chi connectivity index (χ0v) is 14.9. The average molecular weight is 332 g/mol. The highest BCUT2D eigenvalue weighted by atomic mass is 16.4. The van der Waals surface area contributed by atoms with E-state index < -0.39 is 0 Å². The second-order valence-electron chi connectivity index (χ2n) is 6.93. The Bertz CT molecular complexity index is 651. The number of hydrogen-bond acceptors (Lipinski definition) is 5. The van der Waals surface area contributed by atoms with Crippen LogP contribution in [0.25, 0.3) is 0 Å². The summed E-state index contributed by atoms with van der Waals surface area (Å²) in [6.07, 6.45) is 4.35. The molecule has 1 saturated heterocycles. The molecule has 0 bridgehead atoms. The summed E-state index contributed by atoms with van der Waals surface area (Å²) < 4.78 is 7.62. The van der Waals surface area contributed by atoms with E-state index in [2.05, 4.69) is 35.1 Å². The van der Waals surface area contributed by atoms with Crippen LogP contribution in [0, 0.1) is 5.92 Å². The van der Waals surface area contributed by atoms with Crippen molar-refractivity contribution in [2.24, 2.45) is 13.0 Å². The van der Waals surface area contributed by atoms with Crippen molar-refractivity contribution in [1.82, 2.24) is 19.6 Å². The van der Waals surface area contributed by atoms with Crippen LogP contribution in [0.1, 0.15) is 36.1 Å². The molecule has 2 atom stereocenters. The maximum atomic E-state index is 9.12. The van der Waals surface area contributed by atoms with E-state index in [1.54, 1.807) is 0 Å². The summed E-state index contributed by atoms with van der Waals surface area (Å²) in [5.41, 5.74) is 1.29. The average Bonchev–Trinajstić information content (AvgIpc) is 3.16. The van der Waals surface area contributed by atoms with Crippen LogP contribution in [-0.4, -0.2) is 51.9 Å². The zero-order valence-electron chi connectivity index (χ0n) is 14.9. The Labute approximate surface area is 143 Å². The molecule has 3 rings (SSSR count). The van der Waals surface area contributed by atoms with Crippen LogP contribution in [0.5, 0.6) is 0 Å². The number of aryl methyl sites for hydroxylation is 1. The summed E-state index contributed by atoms with van der Waals surface area (Å²) in [5, 5.41) is 13.5. The molecule has 0 aliphatic carbocycles. The number of piperidine rings is 1. The minimum absolute atomic E-state index is 0.0420. The fourth-order valence-corrected chi connectivity index (χ4v) is 3.92. The molecule has 1 aliphatic rings. The monoisotopic (exact) mass is 332 g/mol. The number of aliphatic hydroxyl groups is 1. The topological polar surface area (TPSA) is 57.7 Å². The maximum Gasteiger partial charge on any atom is 0.129 e. The normalized spacial score (nSPS) is 22.4. The van der Waals surface area contributed by atoms with E-state index in [4.69, 9.17) is 9.52 Å². The van der Waals surface area contributed by atoms with Crippen molar-refractivity contribution < 1.29 is 9.52 Å². The SMILES string of the molecule is CN(Cc1ccc(CO)o1)C[C@@H]1CCCN(C)[C@H]1c1ccnn1C. The first-order chi connectivity index (χ1) is 11.6. The van der Waals surface area contributed by atoms with Gasteiger partial charge in [-0.2, -0.15) is 5.10 Å². The van der Waals surface area contributed by atoms with Gasteiger partial charge in [-0.3, -0.25) is 14.5 Å². The molecule has 132 valence electrons. The number of aromatic nitrogens is 2. The van der Waals surface area contributed by atoms with E-state index in [1.165, 1.54) is 18.5 Å². The standard InChI is InChI=1S/C18H28N4O2/c1-20(12-15-6-7-16(13-23)24-15)11-14-5-4-10-21(2)18(14)17-8-9-19-22(17)3/h6-9,14,18,23H,4-5,10-13H2,1-3H3/t14-,18+/m0/s1. The van der Waals surface area contributed by atoms with Crippen LogP contribution in [0.2, 0.25) is 0 Å². The molecule has 2 aromatic heterocycles. The van der Waals surface area contributed by atoms with Crippen molar-refractivity contribution >= 4 is 0 Å². The van der Waals surface area contributed by atoms with E-state index >= 15 is 0 Å². The summed E-state index contributed by atoms with van der Waals surface area (Å²) in [7, 11) is 6.37. The van der Waals surface area contributed by atoms with Crippen LogP contribution in [0.15, 0.2) is 28.8 Å². The van der Waals surface area contributed by atoms with Crippen LogP contribution >= 0.6 is 0 Å². The highest BCUT2D eigenvalue weighted by Crippen LogP contribution is 2.35. The van der Waals surface area contributed by atoms with Gasteiger partial charge in [-0.15, -0.1) is 0 Å². The predicted molar refractivity (Wildman–Crippen MR) is 92.3 cm³/mol. The van der Waals surface area contributed by atoms with E-state index in [-0.39, 0.29) is 6.61 Å². The van der Waals surface area contributed by atoms with E-state index in [1.807, 2.05) is 30.1 Å². The Kier molecular flexibility index (Phi) is 5.38. The van der Waals surface area contributed by atoms with Gasteiger partial charge in [0.25, 0.3) is 0 Å². The third-order valence-corrected chi connectivity index (χ3v) is 5.01. The highest BCUT2D eigenvalue weighted by molar-refractivity contribution is 5.10. The summed E-state index contributed by atoms with van der Waals surface area (Å²) in [4.78, 5) is 4.77. The molecule has 0 saturated carbocycles. The van der Waals surface area contributed by atoms with Gasteiger partial charge in [0.1, 0.15) is 18.1 Å². The molecule has 0 spiro atoms. The molecule has 6 nitrogen and oxygen atoms in total. The van der Waals surface area contributed by atoms with E-state index in [0.717, 1.165) is 25.4 Å². The van der Waals surface area contributed by atoms with Gasteiger partial charge >= 0.3 is 0 Å². The Morgan fingerprint density at radius 1 is 1.29 bits per heavy atom. The Morgan fingerprint density at radius 2 is 2.08 bits per heavy atom. The van der Waals surface area contributed by atoms with Crippen molar-refractivity contribution in [2.75, 3.05) is 27.2 Å². The molecule has 6 heteroatoms.